The molecule has 4 heteroatoms. The van der Waals surface area contributed by atoms with Crippen molar-refractivity contribution in [3.05, 3.63) is 0 Å². The number of amides is 1. The van der Waals surface area contributed by atoms with Crippen molar-refractivity contribution in [3.8, 4) is 0 Å². The van der Waals surface area contributed by atoms with E-state index in [0.29, 0.717) is 5.78 Å². The molecule has 3 unspecified atom stereocenters. The van der Waals surface area contributed by atoms with Gasteiger partial charge in [-0.05, 0) is 46.5 Å². The smallest absolute Gasteiger partial charge is 0.411 e. The molecule has 0 radical (unpaired) electrons. The third-order valence-electron chi connectivity index (χ3n) is 5.42. The van der Waals surface area contributed by atoms with Crippen LogP contribution in [-0.4, -0.2) is 34.0 Å². The molecule has 1 spiro atoms. The van der Waals surface area contributed by atoms with Crippen molar-refractivity contribution in [2.75, 3.05) is 0 Å². The number of likely N-dealkylation sites (tertiary alicyclic amines) is 1. The van der Waals surface area contributed by atoms with E-state index in [2.05, 4.69) is 0 Å². The number of hydrogen-bond acceptors (Lipinski definition) is 3. The van der Waals surface area contributed by atoms with Crippen LogP contribution in [0, 0.1) is 11.3 Å². The highest BCUT2D eigenvalue weighted by Crippen LogP contribution is 2.74. The molecule has 1 aliphatic heterocycles. The van der Waals surface area contributed by atoms with Gasteiger partial charge in [0.25, 0.3) is 0 Å². The number of hydrogen-bond donors (Lipinski definition) is 0. The van der Waals surface area contributed by atoms with Crippen LogP contribution in [0.15, 0.2) is 0 Å². The summed E-state index contributed by atoms with van der Waals surface area (Å²) < 4.78 is 5.51. The fraction of sp³-hybridized carbons (Fsp3) is 0.875. The minimum absolute atomic E-state index is 0.0482. The van der Waals surface area contributed by atoms with Crippen LogP contribution in [0.4, 0.5) is 4.79 Å². The van der Waals surface area contributed by atoms with Crippen molar-refractivity contribution in [1.29, 1.82) is 0 Å². The largest absolute Gasteiger partial charge is 0.444 e. The van der Waals surface area contributed by atoms with Gasteiger partial charge in [-0.15, -0.1) is 0 Å². The number of carbonyl (C=O) groups excluding carboxylic acids is 2. The Bertz CT molecular complexity index is 479. The van der Waals surface area contributed by atoms with Gasteiger partial charge in [0, 0.05) is 5.92 Å². The summed E-state index contributed by atoms with van der Waals surface area (Å²) in [5.41, 5.74) is -0.918. The fourth-order valence-electron chi connectivity index (χ4n) is 4.62. The third kappa shape index (κ3) is 1.48. The van der Waals surface area contributed by atoms with Crippen molar-refractivity contribution in [2.24, 2.45) is 11.3 Å². The quantitative estimate of drug-likeness (QED) is 0.729. The lowest BCUT2D eigenvalue weighted by molar-refractivity contribution is -0.141. The number of ether oxygens (including phenoxy) is 1. The molecule has 20 heavy (non-hydrogen) atoms. The summed E-state index contributed by atoms with van der Waals surface area (Å²) in [6, 6.07) is 0.244. The summed E-state index contributed by atoms with van der Waals surface area (Å²) in [4.78, 5) is 26.8. The Balaban J connectivity index is 1.81. The summed E-state index contributed by atoms with van der Waals surface area (Å²) in [6.45, 7) is 9.59. The summed E-state index contributed by atoms with van der Waals surface area (Å²) in [6.07, 6.45) is 3.59. The highest BCUT2D eigenvalue weighted by Gasteiger charge is 2.85. The molecule has 3 rings (SSSR count). The highest BCUT2D eigenvalue weighted by atomic mass is 16.6. The Morgan fingerprint density at radius 1 is 1.20 bits per heavy atom. The molecule has 0 bridgehead atoms. The maximum absolute atomic E-state index is 12.6. The van der Waals surface area contributed by atoms with Crippen LogP contribution in [-0.2, 0) is 9.53 Å². The average molecular weight is 279 g/mol. The first-order valence-electron chi connectivity index (χ1n) is 7.72. The number of piperidine rings is 1. The zero-order chi connectivity index (χ0) is 14.9. The van der Waals surface area contributed by atoms with Crippen LogP contribution < -0.4 is 0 Å². The standard InChI is InChI=1S/C16H25NO3/c1-10(2)12(18)15-7-6-11-16(15,9-8-15)17(11)13(19)20-14(3,4)5/h10-11H,6-9H2,1-5H3. The van der Waals surface area contributed by atoms with Crippen LogP contribution in [0.2, 0.25) is 0 Å². The molecule has 1 heterocycles. The first-order chi connectivity index (χ1) is 9.16. The molecule has 0 aromatic rings. The van der Waals surface area contributed by atoms with Crippen molar-refractivity contribution in [3.63, 3.8) is 0 Å². The minimum Gasteiger partial charge on any atom is -0.444 e. The first-order valence-corrected chi connectivity index (χ1v) is 7.72. The normalized spacial score (nSPS) is 38.1. The topological polar surface area (TPSA) is 46.4 Å². The number of nitrogens with zero attached hydrogens (tertiary/aromatic N) is 1. The van der Waals surface area contributed by atoms with Gasteiger partial charge in [0.1, 0.15) is 11.4 Å². The minimum atomic E-state index is -0.473. The molecule has 3 fully saturated rings. The van der Waals surface area contributed by atoms with E-state index in [1.165, 1.54) is 0 Å². The predicted octanol–water partition coefficient (Wildman–Crippen LogP) is 3.14. The number of ketones is 1. The summed E-state index contributed by atoms with van der Waals surface area (Å²) >= 11 is 0. The Morgan fingerprint density at radius 2 is 1.85 bits per heavy atom. The zero-order valence-corrected chi connectivity index (χ0v) is 13.2. The average Bonchev–Trinajstić information content (AvgIpc) is 2.91. The Hall–Kier alpha value is -1.06. The summed E-state index contributed by atoms with van der Waals surface area (Å²) in [5.74, 6) is 0.393. The second kappa shape index (κ2) is 3.77. The highest BCUT2D eigenvalue weighted by molar-refractivity contribution is 5.93. The van der Waals surface area contributed by atoms with Crippen molar-refractivity contribution in [2.45, 2.75) is 77.5 Å². The van der Waals surface area contributed by atoms with Gasteiger partial charge in [-0.2, -0.15) is 0 Å². The molecular weight excluding hydrogens is 254 g/mol. The molecule has 0 aromatic carbocycles. The van der Waals surface area contributed by atoms with Gasteiger partial charge >= 0.3 is 6.09 Å². The van der Waals surface area contributed by atoms with E-state index in [9.17, 15) is 9.59 Å². The molecule has 1 saturated heterocycles. The van der Waals surface area contributed by atoms with E-state index in [-0.39, 0.29) is 29.0 Å². The lowest BCUT2D eigenvalue weighted by Gasteiger charge is -2.48. The number of Topliss-reactive ketones (excluding diaryl/α,β-unsaturated/α-hetero) is 1. The molecule has 1 amide bonds. The molecular formula is C16H25NO3. The third-order valence-corrected chi connectivity index (χ3v) is 5.42. The SMILES string of the molecule is CC(C)C(=O)C12CCC3N(C(=O)OC(C)(C)C)C31CC2. The lowest BCUT2D eigenvalue weighted by Crippen LogP contribution is -2.56. The molecule has 4 nitrogen and oxygen atoms in total. The van der Waals surface area contributed by atoms with Crippen LogP contribution in [0.3, 0.4) is 0 Å². The van der Waals surface area contributed by atoms with Gasteiger partial charge in [0.2, 0.25) is 0 Å². The van der Waals surface area contributed by atoms with Gasteiger partial charge in [0.15, 0.2) is 0 Å². The molecule has 2 aliphatic carbocycles. The monoisotopic (exact) mass is 279 g/mol. The van der Waals surface area contributed by atoms with Crippen LogP contribution >= 0.6 is 0 Å². The van der Waals surface area contributed by atoms with Gasteiger partial charge in [-0.3, -0.25) is 9.69 Å². The Morgan fingerprint density at radius 3 is 2.30 bits per heavy atom. The van der Waals surface area contributed by atoms with Gasteiger partial charge < -0.3 is 4.74 Å². The second-order valence-corrected chi connectivity index (χ2v) is 7.93. The van der Waals surface area contributed by atoms with E-state index >= 15 is 0 Å². The van der Waals surface area contributed by atoms with Crippen molar-refractivity contribution < 1.29 is 14.3 Å². The zero-order valence-electron chi connectivity index (χ0n) is 13.2. The van der Waals surface area contributed by atoms with Crippen LogP contribution in [0.25, 0.3) is 0 Å². The van der Waals surface area contributed by atoms with Crippen LogP contribution in [0.1, 0.15) is 60.3 Å². The predicted molar refractivity (Wildman–Crippen MR) is 75.3 cm³/mol. The van der Waals surface area contributed by atoms with Gasteiger partial charge in [0.05, 0.1) is 17.0 Å². The molecule has 3 aliphatic rings. The number of rotatable bonds is 2. The van der Waals surface area contributed by atoms with E-state index in [4.69, 9.17) is 4.74 Å². The van der Waals surface area contributed by atoms with Crippen molar-refractivity contribution >= 4 is 11.9 Å². The van der Waals surface area contributed by atoms with E-state index in [0.717, 1.165) is 25.7 Å². The second-order valence-electron chi connectivity index (χ2n) is 7.93. The van der Waals surface area contributed by atoms with Gasteiger partial charge in [-0.25, -0.2) is 4.79 Å². The molecule has 0 N–H and O–H groups in total. The fourth-order valence-corrected chi connectivity index (χ4v) is 4.62. The molecule has 0 aromatic heterocycles. The maximum atomic E-state index is 12.6. The van der Waals surface area contributed by atoms with E-state index in [1.54, 1.807) is 0 Å². The van der Waals surface area contributed by atoms with Crippen LogP contribution in [0.5, 0.6) is 0 Å². The molecule has 3 atom stereocenters. The lowest BCUT2D eigenvalue weighted by atomic mass is 9.56. The Kier molecular flexibility index (Phi) is 2.62. The molecule has 112 valence electrons. The van der Waals surface area contributed by atoms with Crippen molar-refractivity contribution in [1.82, 2.24) is 4.90 Å². The maximum Gasteiger partial charge on any atom is 0.411 e. The van der Waals surface area contributed by atoms with E-state index < -0.39 is 5.60 Å². The van der Waals surface area contributed by atoms with E-state index in [1.807, 2.05) is 39.5 Å². The summed E-state index contributed by atoms with van der Waals surface area (Å²) in [7, 11) is 0. The molecule has 2 saturated carbocycles. The Labute approximate surface area is 120 Å². The van der Waals surface area contributed by atoms with Gasteiger partial charge in [-0.1, -0.05) is 13.8 Å². The summed E-state index contributed by atoms with van der Waals surface area (Å²) in [5, 5.41) is 0. The number of carbonyl (C=O) groups is 2. The first kappa shape index (κ1) is 13.9.